The van der Waals surface area contributed by atoms with Gasteiger partial charge in [0.15, 0.2) is 0 Å². The van der Waals surface area contributed by atoms with Crippen LogP contribution in [0.3, 0.4) is 0 Å². The van der Waals surface area contributed by atoms with Crippen LogP contribution < -0.4 is 10.5 Å². The topological polar surface area (TPSA) is 167 Å². The number of hydrogen-bond donors (Lipinski definition) is 2. The lowest BCUT2D eigenvalue weighted by molar-refractivity contribution is 0.133. The van der Waals surface area contributed by atoms with Gasteiger partial charge in [-0.2, -0.15) is 0 Å². The largest absolute Gasteiger partial charge is 0.412 e. The molecular formula is C23H49Cl2N3O4S. The number of nitrogens with one attached hydrogen (secondary N) is 1. The van der Waals surface area contributed by atoms with Gasteiger partial charge in [0.25, 0.3) is 0 Å². The van der Waals surface area contributed by atoms with Crippen LogP contribution in [0.25, 0.3) is 0 Å². The van der Waals surface area contributed by atoms with Crippen LogP contribution in [0.2, 0.25) is 0 Å². The summed E-state index contributed by atoms with van der Waals surface area (Å²) in [5.41, 5.74) is 0. The molecule has 33 heavy (non-hydrogen) atoms. The summed E-state index contributed by atoms with van der Waals surface area (Å²) in [6, 6.07) is 0.566. The molecule has 2 aliphatic carbocycles. The molecule has 0 amide bonds. The number of piperidine rings is 1. The normalized spacial score (nSPS) is 31.5. The second-order valence-corrected chi connectivity index (χ2v) is 11.9. The molecule has 0 spiro atoms. The van der Waals surface area contributed by atoms with Crippen LogP contribution in [0.1, 0.15) is 58.8 Å². The zero-order valence-electron chi connectivity index (χ0n) is 20.2. The molecule has 0 aromatic rings. The first-order chi connectivity index (χ1) is 14.0. The number of rotatable bonds is 8. The first-order valence-electron chi connectivity index (χ1n) is 11.7. The predicted molar refractivity (Wildman–Crippen MR) is 144 cm³/mol. The van der Waals surface area contributed by atoms with Crippen molar-refractivity contribution in [3.05, 3.63) is 12.2 Å². The number of nitrogens with zero attached hydrogens (tertiary/aromatic N) is 1. The molecular weight excluding hydrogens is 485 g/mol. The highest BCUT2D eigenvalue weighted by molar-refractivity contribution is 7.97. The molecule has 3 aliphatic rings. The van der Waals surface area contributed by atoms with Crippen molar-refractivity contribution in [1.29, 1.82) is 0 Å². The van der Waals surface area contributed by atoms with E-state index >= 15 is 0 Å². The molecule has 200 valence electrons. The van der Waals surface area contributed by atoms with Crippen molar-refractivity contribution in [2.45, 2.75) is 80.8 Å². The molecule has 2 fully saturated rings. The fourth-order valence-electron chi connectivity index (χ4n) is 5.37. The van der Waals surface area contributed by atoms with E-state index < -0.39 is 0 Å². The first kappa shape index (κ1) is 35.6. The van der Waals surface area contributed by atoms with Crippen LogP contribution in [0.15, 0.2) is 12.2 Å². The van der Waals surface area contributed by atoms with Crippen molar-refractivity contribution in [1.82, 2.24) is 10.2 Å². The summed E-state index contributed by atoms with van der Waals surface area (Å²) in [5, 5.41) is 10.7. The van der Waals surface area contributed by atoms with Crippen LogP contribution in [0.5, 0.6) is 0 Å². The number of hydrogen-bond acceptors (Lipinski definition) is 4. The SMILES string of the molecule is CC(C)[C@H](CN1CCC(C2C=CC(Cl)CC2)CC1)NCC1CCC(Cl)C(SN)C1.O.O.O.O. The molecule has 7 nitrogen and oxygen atoms in total. The zero-order valence-corrected chi connectivity index (χ0v) is 22.6. The molecule has 0 bridgehead atoms. The minimum absolute atomic E-state index is 0. The molecule has 1 saturated carbocycles. The third-order valence-electron chi connectivity index (χ3n) is 7.50. The average molecular weight is 535 g/mol. The molecule has 10 heteroatoms. The minimum atomic E-state index is 0. The highest BCUT2D eigenvalue weighted by Gasteiger charge is 2.31. The highest BCUT2D eigenvalue weighted by atomic mass is 35.5. The molecule has 0 radical (unpaired) electrons. The summed E-state index contributed by atoms with van der Waals surface area (Å²) in [4.78, 5) is 2.69. The summed E-state index contributed by atoms with van der Waals surface area (Å²) in [5.74, 6) is 2.98. The predicted octanol–water partition coefficient (Wildman–Crippen LogP) is 1.97. The van der Waals surface area contributed by atoms with Gasteiger partial charge in [-0.15, -0.1) is 23.2 Å². The molecule has 5 unspecified atom stereocenters. The lowest BCUT2D eigenvalue weighted by Gasteiger charge is -2.39. The Kier molecular flexibility index (Phi) is 19.1. The number of nitrogens with two attached hydrogens (primary N) is 1. The average Bonchev–Trinajstić information content (AvgIpc) is 2.73. The van der Waals surface area contributed by atoms with E-state index in [1.54, 1.807) is 0 Å². The fraction of sp³-hybridized carbons (Fsp3) is 0.913. The van der Waals surface area contributed by atoms with Gasteiger partial charge in [-0.05, 0) is 88.3 Å². The summed E-state index contributed by atoms with van der Waals surface area (Å²) in [7, 11) is 0. The van der Waals surface area contributed by atoms with Crippen LogP contribution in [-0.2, 0) is 0 Å². The first-order valence-corrected chi connectivity index (χ1v) is 13.6. The van der Waals surface area contributed by atoms with Crippen LogP contribution >= 0.6 is 35.1 Å². The van der Waals surface area contributed by atoms with E-state index in [-0.39, 0.29) is 32.7 Å². The Bertz CT molecular complexity index is 528. The smallest absolute Gasteiger partial charge is 0.0516 e. The summed E-state index contributed by atoms with van der Waals surface area (Å²) >= 11 is 14.1. The standard InChI is InChI=1S/C23H41Cl2N3S.4H2O/c1-16(2)22(27-14-17-3-8-21(25)23(13-17)29-26)15-28-11-9-19(10-12-28)18-4-6-20(24)7-5-18;;;;/h4,6,16-23,27H,3,5,7-15,26H2,1-2H3;4*1H2/t17?,18?,20?,21?,22-,23?;;;;/m0..../s1. The molecule has 1 aliphatic heterocycles. The monoisotopic (exact) mass is 533 g/mol. The second-order valence-electron chi connectivity index (χ2n) is 9.91. The van der Waals surface area contributed by atoms with Gasteiger partial charge in [0.2, 0.25) is 0 Å². The van der Waals surface area contributed by atoms with Crippen LogP contribution in [-0.4, -0.2) is 75.0 Å². The van der Waals surface area contributed by atoms with Crippen molar-refractivity contribution in [3.63, 3.8) is 0 Å². The molecule has 0 aromatic carbocycles. The Balaban J connectivity index is 0. The Morgan fingerprint density at radius 1 is 0.970 bits per heavy atom. The van der Waals surface area contributed by atoms with E-state index in [1.807, 2.05) is 0 Å². The number of likely N-dealkylation sites (tertiary alicyclic amines) is 1. The van der Waals surface area contributed by atoms with Gasteiger partial charge in [0, 0.05) is 23.2 Å². The lowest BCUT2D eigenvalue weighted by atomic mass is 9.79. The summed E-state index contributed by atoms with van der Waals surface area (Å²) in [6.45, 7) is 9.48. The molecule has 0 aromatic heterocycles. The van der Waals surface area contributed by atoms with Crippen molar-refractivity contribution >= 4 is 35.1 Å². The van der Waals surface area contributed by atoms with Crippen molar-refractivity contribution < 1.29 is 21.9 Å². The molecule has 6 atom stereocenters. The van der Waals surface area contributed by atoms with Gasteiger partial charge in [0.05, 0.1) is 5.38 Å². The maximum absolute atomic E-state index is 6.43. The zero-order chi connectivity index (χ0) is 20.8. The van der Waals surface area contributed by atoms with Gasteiger partial charge in [0.1, 0.15) is 0 Å². The molecule has 1 saturated heterocycles. The quantitative estimate of drug-likeness (QED) is 0.276. The minimum Gasteiger partial charge on any atom is -0.412 e. The highest BCUT2D eigenvalue weighted by Crippen LogP contribution is 2.34. The van der Waals surface area contributed by atoms with Gasteiger partial charge in [-0.1, -0.05) is 37.9 Å². The summed E-state index contributed by atoms with van der Waals surface area (Å²) < 4.78 is 0. The maximum atomic E-state index is 6.43. The van der Waals surface area contributed by atoms with E-state index in [1.165, 1.54) is 57.3 Å². The van der Waals surface area contributed by atoms with Crippen molar-refractivity contribution in [3.8, 4) is 0 Å². The van der Waals surface area contributed by atoms with E-state index in [0.717, 1.165) is 37.6 Å². The third-order valence-corrected chi connectivity index (χ3v) is 9.41. The fourth-order valence-corrected chi connectivity index (χ4v) is 6.68. The number of allylic oxidation sites excluding steroid dienone is 2. The van der Waals surface area contributed by atoms with Gasteiger partial charge >= 0.3 is 0 Å². The van der Waals surface area contributed by atoms with E-state index in [0.29, 0.717) is 23.1 Å². The Hall–Kier alpha value is 0.390. The molecule has 1 heterocycles. The van der Waals surface area contributed by atoms with Crippen LogP contribution in [0.4, 0.5) is 0 Å². The van der Waals surface area contributed by atoms with Crippen LogP contribution in [0, 0.1) is 23.7 Å². The van der Waals surface area contributed by atoms with Crippen molar-refractivity contribution in [2.24, 2.45) is 28.8 Å². The second kappa shape index (κ2) is 17.8. The van der Waals surface area contributed by atoms with E-state index in [9.17, 15) is 0 Å². The maximum Gasteiger partial charge on any atom is 0.0516 e. The third kappa shape index (κ3) is 10.9. The van der Waals surface area contributed by atoms with E-state index in [4.69, 9.17) is 28.3 Å². The Labute approximate surface area is 214 Å². The molecule has 3 rings (SSSR count). The van der Waals surface area contributed by atoms with Gasteiger partial charge in [-0.25, -0.2) is 0 Å². The van der Waals surface area contributed by atoms with E-state index in [2.05, 4.69) is 36.2 Å². The van der Waals surface area contributed by atoms with Crippen molar-refractivity contribution in [2.75, 3.05) is 26.2 Å². The Morgan fingerprint density at radius 2 is 1.64 bits per heavy atom. The number of halogens is 2. The lowest BCUT2D eigenvalue weighted by Crippen LogP contribution is -2.49. The number of alkyl halides is 2. The Morgan fingerprint density at radius 3 is 2.18 bits per heavy atom. The van der Waals surface area contributed by atoms with Gasteiger partial charge < -0.3 is 32.1 Å². The van der Waals surface area contributed by atoms with Gasteiger partial charge in [-0.3, -0.25) is 5.14 Å². The molecule has 11 N–H and O–H groups in total. The summed E-state index contributed by atoms with van der Waals surface area (Å²) in [6.07, 6.45) is 13.2.